The van der Waals surface area contributed by atoms with Crippen LogP contribution in [0.1, 0.15) is 12.0 Å². The molecular weight excluding hydrogens is 300 g/mol. The minimum absolute atomic E-state index is 0.0472. The van der Waals surface area contributed by atoms with E-state index in [2.05, 4.69) is 4.98 Å². The van der Waals surface area contributed by atoms with Crippen molar-refractivity contribution >= 4 is 17.2 Å². The van der Waals surface area contributed by atoms with Crippen LogP contribution in [-0.4, -0.2) is 42.1 Å². The van der Waals surface area contributed by atoms with Crippen molar-refractivity contribution in [2.75, 3.05) is 20.2 Å². The second-order valence-corrected chi connectivity index (χ2v) is 6.05. The summed E-state index contributed by atoms with van der Waals surface area (Å²) in [6.45, 7) is 1.37. The van der Waals surface area contributed by atoms with E-state index in [1.165, 1.54) is 11.3 Å². The van der Waals surface area contributed by atoms with Gasteiger partial charge in [0.25, 0.3) is 5.19 Å². The van der Waals surface area contributed by atoms with E-state index in [0.717, 1.165) is 24.3 Å². The highest BCUT2D eigenvalue weighted by Crippen LogP contribution is 2.21. The highest BCUT2D eigenvalue weighted by Gasteiger charge is 2.27. The SMILES string of the molecule is COc1ccc(CC(=O)N2CCC(Oc3nccs3)C2)cc1. The zero-order chi connectivity index (χ0) is 15.4. The van der Waals surface area contributed by atoms with Gasteiger partial charge in [0, 0.05) is 24.5 Å². The standard InChI is InChI=1S/C16H18N2O3S/c1-20-13-4-2-12(3-5-13)10-15(19)18-8-6-14(11-18)21-16-17-7-9-22-16/h2-5,7,9,14H,6,8,10-11H2,1H3. The van der Waals surface area contributed by atoms with E-state index < -0.39 is 0 Å². The maximum atomic E-state index is 12.3. The molecule has 0 radical (unpaired) electrons. The molecule has 2 aromatic rings. The van der Waals surface area contributed by atoms with Crippen molar-refractivity contribution in [3.8, 4) is 10.9 Å². The number of ether oxygens (including phenoxy) is 2. The van der Waals surface area contributed by atoms with Crippen LogP contribution in [0.2, 0.25) is 0 Å². The molecule has 1 aromatic carbocycles. The van der Waals surface area contributed by atoms with Gasteiger partial charge in [0.15, 0.2) is 0 Å². The lowest BCUT2D eigenvalue weighted by Crippen LogP contribution is -2.32. The summed E-state index contributed by atoms with van der Waals surface area (Å²) in [7, 11) is 1.63. The van der Waals surface area contributed by atoms with Gasteiger partial charge in [0.05, 0.1) is 20.1 Å². The second kappa shape index (κ2) is 6.79. The Morgan fingerprint density at radius 2 is 2.23 bits per heavy atom. The molecule has 1 aliphatic rings. The molecule has 22 heavy (non-hydrogen) atoms. The minimum Gasteiger partial charge on any atom is -0.497 e. The lowest BCUT2D eigenvalue weighted by molar-refractivity contribution is -0.129. The predicted octanol–water partition coefficient (Wildman–Crippen LogP) is 2.37. The monoisotopic (exact) mass is 318 g/mol. The van der Waals surface area contributed by atoms with Crippen LogP contribution in [0.25, 0.3) is 0 Å². The van der Waals surface area contributed by atoms with Crippen molar-refractivity contribution in [3.63, 3.8) is 0 Å². The maximum absolute atomic E-state index is 12.3. The highest BCUT2D eigenvalue weighted by molar-refractivity contribution is 7.11. The lowest BCUT2D eigenvalue weighted by atomic mass is 10.1. The Hall–Kier alpha value is -2.08. The van der Waals surface area contributed by atoms with Gasteiger partial charge in [-0.25, -0.2) is 4.98 Å². The summed E-state index contributed by atoms with van der Waals surface area (Å²) >= 11 is 1.48. The summed E-state index contributed by atoms with van der Waals surface area (Å²) in [4.78, 5) is 18.3. The van der Waals surface area contributed by atoms with Gasteiger partial charge < -0.3 is 14.4 Å². The molecule has 0 N–H and O–H groups in total. The summed E-state index contributed by atoms with van der Waals surface area (Å²) < 4.78 is 10.9. The van der Waals surface area contributed by atoms with Crippen LogP contribution < -0.4 is 9.47 Å². The third kappa shape index (κ3) is 3.57. The van der Waals surface area contributed by atoms with Crippen LogP contribution >= 0.6 is 11.3 Å². The fourth-order valence-corrected chi connectivity index (χ4v) is 3.04. The molecule has 1 fully saturated rings. The summed E-state index contributed by atoms with van der Waals surface area (Å²) in [5.74, 6) is 0.935. The molecule has 0 saturated carbocycles. The average Bonchev–Trinajstić information content (AvgIpc) is 3.20. The van der Waals surface area contributed by atoms with Crippen LogP contribution in [0, 0.1) is 0 Å². The van der Waals surface area contributed by atoms with Crippen molar-refractivity contribution in [1.29, 1.82) is 0 Å². The fraction of sp³-hybridized carbons (Fsp3) is 0.375. The second-order valence-electron chi connectivity index (χ2n) is 5.19. The number of hydrogen-bond donors (Lipinski definition) is 0. The molecule has 1 atom stereocenters. The molecule has 0 spiro atoms. The molecule has 116 valence electrons. The summed E-state index contributed by atoms with van der Waals surface area (Å²) in [5.41, 5.74) is 0.995. The van der Waals surface area contributed by atoms with Crippen LogP contribution in [0.4, 0.5) is 0 Å². The lowest BCUT2D eigenvalue weighted by Gasteiger charge is -2.16. The highest BCUT2D eigenvalue weighted by atomic mass is 32.1. The number of benzene rings is 1. The third-order valence-corrected chi connectivity index (χ3v) is 4.35. The average molecular weight is 318 g/mol. The number of nitrogens with zero attached hydrogens (tertiary/aromatic N) is 2. The van der Waals surface area contributed by atoms with Crippen LogP contribution in [0.15, 0.2) is 35.8 Å². The summed E-state index contributed by atoms with van der Waals surface area (Å²) in [6.07, 6.45) is 3.04. The molecular formula is C16H18N2O3S. The quantitative estimate of drug-likeness (QED) is 0.849. The Morgan fingerprint density at radius 1 is 1.41 bits per heavy atom. The van der Waals surface area contributed by atoms with Crippen molar-refractivity contribution < 1.29 is 14.3 Å². The van der Waals surface area contributed by atoms with Gasteiger partial charge in [0.1, 0.15) is 11.9 Å². The van der Waals surface area contributed by atoms with Gasteiger partial charge in [-0.05, 0) is 17.7 Å². The van der Waals surface area contributed by atoms with Gasteiger partial charge in [-0.3, -0.25) is 4.79 Å². The van der Waals surface area contributed by atoms with Gasteiger partial charge in [-0.2, -0.15) is 0 Å². The van der Waals surface area contributed by atoms with E-state index in [1.807, 2.05) is 34.5 Å². The normalized spacial score (nSPS) is 17.5. The first kappa shape index (κ1) is 14.8. The number of carbonyl (C=O) groups excluding carboxylic acids is 1. The van der Waals surface area contributed by atoms with Crippen LogP contribution in [-0.2, 0) is 11.2 Å². The van der Waals surface area contributed by atoms with E-state index >= 15 is 0 Å². The van der Waals surface area contributed by atoms with Crippen molar-refractivity contribution in [3.05, 3.63) is 41.4 Å². The van der Waals surface area contributed by atoms with E-state index in [1.54, 1.807) is 13.3 Å². The van der Waals surface area contributed by atoms with E-state index in [9.17, 15) is 4.79 Å². The van der Waals surface area contributed by atoms with E-state index in [-0.39, 0.29) is 12.0 Å². The Kier molecular flexibility index (Phi) is 4.58. The van der Waals surface area contributed by atoms with E-state index in [0.29, 0.717) is 18.2 Å². The van der Waals surface area contributed by atoms with Crippen LogP contribution in [0.3, 0.4) is 0 Å². The van der Waals surface area contributed by atoms with Crippen molar-refractivity contribution in [2.45, 2.75) is 18.9 Å². The van der Waals surface area contributed by atoms with Crippen molar-refractivity contribution in [2.24, 2.45) is 0 Å². The Labute approximate surface area is 133 Å². The van der Waals surface area contributed by atoms with Crippen molar-refractivity contribution in [1.82, 2.24) is 9.88 Å². The third-order valence-electron chi connectivity index (χ3n) is 3.69. The van der Waals surface area contributed by atoms with Crippen LogP contribution in [0.5, 0.6) is 10.9 Å². The number of likely N-dealkylation sites (tertiary alicyclic amines) is 1. The molecule has 1 amide bonds. The minimum atomic E-state index is 0.0472. The molecule has 1 aliphatic heterocycles. The maximum Gasteiger partial charge on any atom is 0.273 e. The summed E-state index contributed by atoms with van der Waals surface area (Å²) in [5, 5.41) is 2.56. The Bertz CT molecular complexity index is 613. The molecule has 3 rings (SSSR count). The number of hydrogen-bond acceptors (Lipinski definition) is 5. The molecule has 2 heterocycles. The largest absolute Gasteiger partial charge is 0.497 e. The van der Waals surface area contributed by atoms with Gasteiger partial charge in [-0.15, -0.1) is 0 Å². The zero-order valence-electron chi connectivity index (χ0n) is 12.4. The number of carbonyl (C=O) groups is 1. The fourth-order valence-electron chi connectivity index (χ4n) is 2.49. The first-order chi connectivity index (χ1) is 10.7. The molecule has 6 heteroatoms. The first-order valence-corrected chi connectivity index (χ1v) is 8.09. The summed E-state index contributed by atoms with van der Waals surface area (Å²) in [6, 6.07) is 7.61. The number of methoxy groups -OCH3 is 1. The predicted molar refractivity (Wildman–Crippen MR) is 84.4 cm³/mol. The zero-order valence-corrected chi connectivity index (χ0v) is 13.2. The smallest absolute Gasteiger partial charge is 0.273 e. The Balaban J connectivity index is 1.52. The molecule has 1 saturated heterocycles. The van der Waals surface area contributed by atoms with E-state index in [4.69, 9.17) is 9.47 Å². The number of thiazole rings is 1. The number of aromatic nitrogens is 1. The van der Waals surface area contributed by atoms with Gasteiger partial charge in [-0.1, -0.05) is 23.5 Å². The topological polar surface area (TPSA) is 51.7 Å². The molecule has 0 bridgehead atoms. The number of amides is 1. The van der Waals surface area contributed by atoms with Gasteiger partial charge in [0.2, 0.25) is 5.91 Å². The Morgan fingerprint density at radius 3 is 2.91 bits per heavy atom. The molecule has 0 aliphatic carbocycles. The molecule has 1 unspecified atom stereocenters. The molecule has 1 aromatic heterocycles. The van der Waals surface area contributed by atoms with Gasteiger partial charge >= 0.3 is 0 Å². The first-order valence-electron chi connectivity index (χ1n) is 7.21. The number of rotatable bonds is 5. The molecule has 5 nitrogen and oxygen atoms in total.